The second kappa shape index (κ2) is 6.10. The average molecular weight is 329 g/mol. The van der Waals surface area contributed by atoms with Gasteiger partial charge in [-0.3, -0.25) is 0 Å². The highest BCUT2D eigenvalue weighted by molar-refractivity contribution is 9.10. The van der Waals surface area contributed by atoms with Crippen LogP contribution >= 0.6 is 27.3 Å². The number of anilines is 1. The van der Waals surface area contributed by atoms with Gasteiger partial charge in [-0.25, -0.2) is 0 Å². The summed E-state index contributed by atoms with van der Waals surface area (Å²) in [5.74, 6) is 1.15. The van der Waals surface area contributed by atoms with Crippen LogP contribution in [0.5, 0.6) is 6.01 Å². The zero-order valence-corrected chi connectivity index (χ0v) is 12.5. The minimum Gasteiger partial charge on any atom is -0.467 e. The van der Waals surface area contributed by atoms with Crippen LogP contribution in [0.2, 0.25) is 0 Å². The van der Waals surface area contributed by atoms with Gasteiger partial charge in [-0.2, -0.15) is 15.0 Å². The normalized spacial score (nSPS) is 10.4. The molecule has 2 aromatic rings. The maximum atomic E-state index is 5.10. The molecule has 0 amide bonds. The maximum absolute atomic E-state index is 5.10. The molecule has 0 saturated heterocycles. The van der Waals surface area contributed by atoms with Crippen LogP contribution in [0.4, 0.5) is 5.95 Å². The van der Waals surface area contributed by atoms with Crippen molar-refractivity contribution in [1.29, 1.82) is 0 Å². The number of nitrogens with zero attached hydrogens (tertiary/aromatic N) is 3. The van der Waals surface area contributed by atoms with E-state index in [9.17, 15) is 0 Å². The number of rotatable bonds is 5. The lowest BCUT2D eigenvalue weighted by atomic mass is 10.4. The fourth-order valence-corrected chi connectivity index (χ4v) is 2.80. The summed E-state index contributed by atoms with van der Waals surface area (Å²) in [5, 5.41) is 5.12. The Kier molecular flexibility index (Phi) is 4.48. The summed E-state index contributed by atoms with van der Waals surface area (Å²) < 4.78 is 6.07. The summed E-state index contributed by atoms with van der Waals surface area (Å²) in [6.45, 7) is 2.90. The number of methoxy groups -OCH3 is 1. The third-order valence-electron chi connectivity index (χ3n) is 2.15. The first-order chi connectivity index (χ1) is 8.74. The average Bonchev–Trinajstić information content (AvgIpc) is 2.82. The number of ether oxygens (including phenoxy) is 1. The lowest BCUT2D eigenvalue weighted by Crippen LogP contribution is -2.07. The van der Waals surface area contributed by atoms with Crippen molar-refractivity contribution in [3.8, 4) is 16.7 Å². The SMILES string of the molecule is CCCNc1nc(OC)nc(-c2sccc2Br)n1. The summed E-state index contributed by atoms with van der Waals surface area (Å²) >= 11 is 5.05. The van der Waals surface area contributed by atoms with Gasteiger partial charge in [-0.15, -0.1) is 11.3 Å². The smallest absolute Gasteiger partial charge is 0.321 e. The Morgan fingerprint density at radius 2 is 2.22 bits per heavy atom. The van der Waals surface area contributed by atoms with Crippen molar-refractivity contribution in [2.75, 3.05) is 19.0 Å². The van der Waals surface area contributed by atoms with E-state index in [-0.39, 0.29) is 0 Å². The molecule has 0 unspecified atom stereocenters. The molecule has 0 aliphatic heterocycles. The van der Waals surface area contributed by atoms with Crippen LogP contribution in [0.1, 0.15) is 13.3 Å². The third kappa shape index (κ3) is 2.97. The van der Waals surface area contributed by atoms with E-state index in [2.05, 4.69) is 43.1 Å². The molecule has 0 spiro atoms. The molecule has 0 fully saturated rings. The minimum absolute atomic E-state index is 0.318. The molecule has 18 heavy (non-hydrogen) atoms. The highest BCUT2D eigenvalue weighted by Crippen LogP contribution is 2.32. The van der Waals surface area contributed by atoms with E-state index in [1.54, 1.807) is 18.4 Å². The highest BCUT2D eigenvalue weighted by Gasteiger charge is 2.12. The number of thiophene rings is 1. The summed E-state index contributed by atoms with van der Waals surface area (Å²) in [7, 11) is 1.55. The van der Waals surface area contributed by atoms with Gasteiger partial charge in [-0.05, 0) is 33.8 Å². The molecule has 0 aromatic carbocycles. The van der Waals surface area contributed by atoms with E-state index >= 15 is 0 Å². The number of aromatic nitrogens is 3. The topological polar surface area (TPSA) is 59.9 Å². The third-order valence-corrected chi connectivity index (χ3v) is 3.98. The van der Waals surface area contributed by atoms with E-state index in [1.807, 2.05) is 11.4 Å². The molecule has 2 aromatic heterocycles. The summed E-state index contributed by atoms with van der Waals surface area (Å²) in [4.78, 5) is 13.8. The first-order valence-corrected chi connectivity index (χ1v) is 7.19. The molecule has 1 N–H and O–H groups in total. The van der Waals surface area contributed by atoms with Gasteiger partial charge in [0.05, 0.1) is 12.0 Å². The van der Waals surface area contributed by atoms with Crippen LogP contribution in [0.25, 0.3) is 10.7 Å². The van der Waals surface area contributed by atoms with Gasteiger partial charge in [0.15, 0.2) is 5.82 Å². The van der Waals surface area contributed by atoms with Gasteiger partial charge >= 0.3 is 6.01 Å². The van der Waals surface area contributed by atoms with Gasteiger partial charge in [-0.1, -0.05) is 6.92 Å². The van der Waals surface area contributed by atoms with Crippen molar-refractivity contribution in [2.24, 2.45) is 0 Å². The van der Waals surface area contributed by atoms with Crippen molar-refractivity contribution in [3.05, 3.63) is 15.9 Å². The summed E-state index contributed by atoms with van der Waals surface area (Å²) in [6.07, 6.45) is 1.01. The van der Waals surface area contributed by atoms with E-state index in [1.165, 1.54) is 0 Å². The lowest BCUT2D eigenvalue weighted by Gasteiger charge is -2.06. The number of halogens is 1. The first kappa shape index (κ1) is 13.2. The molecule has 0 atom stereocenters. The second-order valence-corrected chi connectivity index (χ2v) is 5.26. The molecule has 0 bridgehead atoms. The van der Waals surface area contributed by atoms with Gasteiger partial charge in [0, 0.05) is 11.0 Å². The van der Waals surface area contributed by atoms with Crippen LogP contribution < -0.4 is 10.1 Å². The van der Waals surface area contributed by atoms with E-state index in [0.717, 1.165) is 22.3 Å². The number of nitrogens with one attached hydrogen (secondary N) is 1. The predicted octanol–water partition coefficient (Wildman–Crippen LogP) is 3.19. The Hall–Kier alpha value is -1.21. The molecular formula is C11H13BrN4OS. The highest BCUT2D eigenvalue weighted by atomic mass is 79.9. The van der Waals surface area contributed by atoms with Gasteiger partial charge in [0.25, 0.3) is 0 Å². The van der Waals surface area contributed by atoms with Crippen LogP contribution in [-0.4, -0.2) is 28.6 Å². The van der Waals surface area contributed by atoms with Gasteiger partial charge in [0.1, 0.15) is 0 Å². The quantitative estimate of drug-likeness (QED) is 0.913. The Bertz CT molecular complexity index is 532. The molecule has 0 radical (unpaired) electrons. The van der Waals surface area contributed by atoms with Gasteiger partial charge < -0.3 is 10.1 Å². The second-order valence-electron chi connectivity index (χ2n) is 3.49. The Balaban J connectivity index is 2.38. The maximum Gasteiger partial charge on any atom is 0.321 e. The van der Waals surface area contributed by atoms with E-state index < -0.39 is 0 Å². The molecule has 7 heteroatoms. The molecule has 0 aliphatic rings. The van der Waals surface area contributed by atoms with Crippen LogP contribution in [0, 0.1) is 0 Å². The van der Waals surface area contributed by atoms with Gasteiger partial charge in [0.2, 0.25) is 5.95 Å². The molecule has 96 valence electrons. The van der Waals surface area contributed by atoms with Crippen LogP contribution in [-0.2, 0) is 0 Å². The van der Waals surface area contributed by atoms with Crippen molar-refractivity contribution in [2.45, 2.75) is 13.3 Å². The molecule has 0 aliphatic carbocycles. The zero-order chi connectivity index (χ0) is 13.0. The largest absolute Gasteiger partial charge is 0.467 e. The fourth-order valence-electron chi connectivity index (χ4n) is 1.32. The fraction of sp³-hybridized carbons (Fsp3) is 0.364. The number of hydrogen-bond acceptors (Lipinski definition) is 6. The summed E-state index contributed by atoms with van der Waals surface area (Å²) in [6, 6.07) is 2.29. The molecule has 2 rings (SSSR count). The zero-order valence-electron chi connectivity index (χ0n) is 10.1. The monoisotopic (exact) mass is 328 g/mol. The Morgan fingerprint density at radius 3 is 2.83 bits per heavy atom. The van der Waals surface area contributed by atoms with Crippen LogP contribution in [0.15, 0.2) is 15.9 Å². The molecule has 5 nitrogen and oxygen atoms in total. The standard InChI is InChI=1S/C11H13BrN4OS/c1-3-5-13-10-14-9(15-11(16-10)17-2)8-7(12)4-6-18-8/h4,6H,3,5H2,1-2H3,(H,13,14,15,16). The Morgan fingerprint density at radius 1 is 1.39 bits per heavy atom. The number of hydrogen-bond donors (Lipinski definition) is 1. The van der Waals surface area contributed by atoms with Crippen molar-refractivity contribution in [1.82, 2.24) is 15.0 Å². The van der Waals surface area contributed by atoms with Crippen molar-refractivity contribution >= 4 is 33.2 Å². The van der Waals surface area contributed by atoms with Crippen LogP contribution in [0.3, 0.4) is 0 Å². The van der Waals surface area contributed by atoms with E-state index in [0.29, 0.717) is 17.8 Å². The van der Waals surface area contributed by atoms with E-state index in [4.69, 9.17) is 4.74 Å². The molecule has 2 heterocycles. The predicted molar refractivity (Wildman–Crippen MR) is 76.2 cm³/mol. The Labute approximate surface area is 118 Å². The summed E-state index contributed by atoms with van der Waals surface area (Å²) in [5.41, 5.74) is 0. The molecule has 0 saturated carbocycles. The first-order valence-electron chi connectivity index (χ1n) is 5.52. The van der Waals surface area contributed by atoms with Crippen molar-refractivity contribution in [3.63, 3.8) is 0 Å². The minimum atomic E-state index is 0.318. The molecular weight excluding hydrogens is 316 g/mol. The lowest BCUT2D eigenvalue weighted by molar-refractivity contribution is 0.379. The van der Waals surface area contributed by atoms with Crippen molar-refractivity contribution < 1.29 is 4.74 Å².